The first kappa shape index (κ1) is 11.9. The molecule has 0 aliphatic heterocycles. The fraction of sp³-hybridized carbons (Fsp3) is 0.308. The molecular weight excluding hydrogens is 232 g/mol. The molecule has 0 unspecified atom stereocenters. The lowest BCUT2D eigenvalue weighted by molar-refractivity contribution is 0.340. The third-order valence-electron chi connectivity index (χ3n) is 2.36. The number of rotatable bonds is 6. The van der Waals surface area contributed by atoms with E-state index in [0.717, 1.165) is 24.5 Å². The van der Waals surface area contributed by atoms with E-state index in [4.69, 9.17) is 4.74 Å². The van der Waals surface area contributed by atoms with E-state index in [0.29, 0.717) is 6.61 Å². The number of pyridine rings is 1. The highest BCUT2D eigenvalue weighted by molar-refractivity contribution is 7.07. The van der Waals surface area contributed by atoms with Crippen LogP contribution < -0.4 is 10.1 Å². The zero-order chi connectivity index (χ0) is 11.9. The smallest absolute Gasteiger partial charge is 0.168 e. The topological polar surface area (TPSA) is 34.1 Å². The quantitative estimate of drug-likeness (QED) is 0.852. The van der Waals surface area contributed by atoms with Crippen molar-refractivity contribution < 1.29 is 4.74 Å². The van der Waals surface area contributed by atoms with E-state index in [2.05, 4.69) is 27.1 Å². The van der Waals surface area contributed by atoms with Gasteiger partial charge in [-0.05, 0) is 47.9 Å². The third kappa shape index (κ3) is 3.46. The highest BCUT2D eigenvalue weighted by Crippen LogP contribution is 2.20. The van der Waals surface area contributed by atoms with E-state index in [1.165, 1.54) is 5.56 Å². The van der Waals surface area contributed by atoms with Gasteiger partial charge in [-0.25, -0.2) is 4.98 Å². The normalized spacial score (nSPS) is 10.2. The molecule has 0 spiro atoms. The van der Waals surface area contributed by atoms with Gasteiger partial charge in [0.2, 0.25) is 0 Å². The summed E-state index contributed by atoms with van der Waals surface area (Å²) in [5.74, 6) is 1.64. The van der Waals surface area contributed by atoms with Crippen molar-refractivity contribution in [1.29, 1.82) is 0 Å². The molecule has 90 valence electrons. The molecule has 2 rings (SSSR count). The Morgan fingerprint density at radius 1 is 1.41 bits per heavy atom. The van der Waals surface area contributed by atoms with Crippen LogP contribution in [0.2, 0.25) is 0 Å². The van der Waals surface area contributed by atoms with Crippen LogP contribution in [0, 0.1) is 0 Å². The molecule has 0 radical (unpaired) electrons. The lowest BCUT2D eigenvalue weighted by Crippen LogP contribution is -2.07. The monoisotopic (exact) mass is 248 g/mol. The largest absolute Gasteiger partial charge is 0.490 e. The first-order valence-corrected chi connectivity index (χ1v) is 6.67. The maximum Gasteiger partial charge on any atom is 0.168 e. The van der Waals surface area contributed by atoms with Gasteiger partial charge in [-0.15, -0.1) is 0 Å². The summed E-state index contributed by atoms with van der Waals surface area (Å²) in [6.07, 6.45) is 2.78. The van der Waals surface area contributed by atoms with Gasteiger partial charge in [0.15, 0.2) is 11.6 Å². The maximum atomic E-state index is 5.50. The molecule has 2 aromatic heterocycles. The Morgan fingerprint density at radius 2 is 2.35 bits per heavy atom. The van der Waals surface area contributed by atoms with Crippen molar-refractivity contribution in [2.75, 3.05) is 18.5 Å². The molecule has 0 amide bonds. The molecule has 2 heterocycles. The van der Waals surface area contributed by atoms with Gasteiger partial charge in [-0.3, -0.25) is 0 Å². The van der Waals surface area contributed by atoms with Gasteiger partial charge < -0.3 is 10.1 Å². The van der Waals surface area contributed by atoms with Crippen LogP contribution in [0.1, 0.15) is 12.5 Å². The zero-order valence-corrected chi connectivity index (χ0v) is 10.7. The summed E-state index contributed by atoms with van der Waals surface area (Å²) in [6, 6.07) is 5.96. The number of thiophene rings is 1. The molecule has 1 N–H and O–H groups in total. The van der Waals surface area contributed by atoms with Crippen LogP contribution in [0.3, 0.4) is 0 Å². The average molecular weight is 248 g/mol. The van der Waals surface area contributed by atoms with Crippen LogP contribution in [0.25, 0.3) is 0 Å². The fourth-order valence-electron chi connectivity index (χ4n) is 1.56. The van der Waals surface area contributed by atoms with Crippen molar-refractivity contribution in [3.63, 3.8) is 0 Å². The minimum Gasteiger partial charge on any atom is -0.490 e. The van der Waals surface area contributed by atoms with E-state index in [1.54, 1.807) is 17.5 Å². The molecule has 0 atom stereocenters. The molecule has 0 aromatic carbocycles. The van der Waals surface area contributed by atoms with Gasteiger partial charge in [-0.2, -0.15) is 11.3 Å². The summed E-state index contributed by atoms with van der Waals surface area (Å²) >= 11 is 1.73. The second-order valence-corrected chi connectivity index (χ2v) is 4.37. The van der Waals surface area contributed by atoms with E-state index >= 15 is 0 Å². The van der Waals surface area contributed by atoms with Crippen LogP contribution >= 0.6 is 11.3 Å². The Labute approximate surface area is 105 Å². The number of nitrogens with one attached hydrogen (secondary N) is 1. The fourth-order valence-corrected chi connectivity index (χ4v) is 2.26. The van der Waals surface area contributed by atoms with E-state index < -0.39 is 0 Å². The highest BCUT2D eigenvalue weighted by atomic mass is 32.1. The molecule has 0 saturated heterocycles. The van der Waals surface area contributed by atoms with Gasteiger partial charge in [0.25, 0.3) is 0 Å². The molecule has 0 saturated carbocycles. The number of nitrogens with zero attached hydrogens (tertiary/aromatic N) is 1. The van der Waals surface area contributed by atoms with Crippen LogP contribution in [0.5, 0.6) is 5.75 Å². The van der Waals surface area contributed by atoms with Crippen LogP contribution in [0.15, 0.2) is 35.2 Å². The minimum absolute atomic E-state index is 0.658. The summed E-state index contributed by atoms with van der Waals surface area (Å²) in [5.41, 5.74) is 1.36. The maximum absolute atomic E-state index is 5.50. The van der Waals surface area contributed by atoms with Crippen molar-refractivity contribution >= 4 is 17.2 Å². The first-order valence-electron chi connectivity index (χ1n) is 5.73. The summed E-state index contributed by atoms with van der Waals surface area (Å²) in [6.45, 7) is 3.50. The predicted molar refractivity (Wildman–Crippen MR) is 71.9 cm³/mol. The molecule has 0 fully saturated rings. The highest BCUT2D eigenvalue weighted by Gasteiger charge is 2.02. The predicted octanol–water partition coefficient (Wildman–Crippen LogP) is 3.20. The Hall–Kier alpha value is -1.55. The standard InChI is InChI=1S/C13H16N2OS/c1-2-16-12-4-3-7-14-13(12)15-8-5-11-6-9-17-10-11/h3-4,6-7,9-10H,2,5,8H2,1H3,(H,14,15). The zero-order valence-electron chi connectivity index (χ0n) is 9.85. The summed E-state index contributed by atoms with van der Waals surface area (Å²) in [4.78, 5) is 4.28. The molecule has 0 aliphatic carbocycles. The van der Waals surface area contributed by atoms with Crippen LogP contribution in [-0.2, 0) is 6.42 Å². The van der Waals surface area contributed by atoms with E-state index in [9.17, 15) is 0 Å². The molecule has 3 nitrogen and oxygen atoms in total. The third-order valence-corrected chi connectivity index (χ3v) is 3.09. The molecule has 0 bridgehead atoms. The van der Waals surface area contributed by atoms with E-state index in [1.807, 2.05) is 19.1 Å². The minimum atomic E-state index is 0.658. The van der Waals surface area contributed by atoms with Crippen molar-refractivity contribution in [2.45, 2.75) is 13.3 Å². The van der Waals surface area contributed by atoms with Gasteiger partial charge in [-0.1, -0.05) is 0 Å². The summed E-state index contributed by atoms with van der Waals surface area (Å²) in [7, 11) is 0. The Bertz CT molecular complexity index is 442. The molecule has 0 aliphatic rings. The van der Waals surface area contributed by atoms with Crippen molar-refractivity contribution in [3.8, 4) is 5.75 Å². The SMILES string of the molecule is CCOc1cccnc1NCCc1ccsc1. The van der Waals surface area contributed by atoms with Crippen LogP contribution in [-0.4, -0.2) is 18.1 Å². The summed E-state index contributed by atoms with van der Waals surface area (Å²) in [5, 5.41) is 7.57. The second-order valence-electron chi connectivity index (χ2n) is 3.59. The molecular formula is C13H16N2OS. The van der Waals surface area contributed by atoms with Gasteiger partial charge >= 0.3 is 0 Å². The number of hydrogen-bond acceptors (Lipinski definition) is 4. The van der Waals surface area contributed by atoms with Crippen molar-refractivity contribution in [2.24, 2.45) is 0 Å². The second kappa shape index (κ2) is 6.25. The summed E-state index contributed by atoms with van der Waals surface area (Å²) < 4.78 is 5.50. The van der Waals surface area contributed by atoms with Gasteiger partial charge in [0.05, 0.1) is 6.61 Å². The molecule has 4 heteroatoms. The number of hydrogen-bond donors (Lipinski definition) is 1. The Balaban J connectivity index is 1.89. The lowest BCUT2D eigenvalue weighted by atomic mass is 10.2. The van der Waals surface area contributed by atoms with Crippen molar-refractivity contribution in [1.82, 2.24) is 4.98 Å². The van der Waals surface area contributed by atoms with E-state index in [-0.39, 0.29) is 0 Å². The first-order chi connectivity index (χ1) is 8.40. The number of aromatic nitrogens is 1. The number of ether oxygens (including phenoxy) is 1. The van der Waals surface area contributed by atoms with Crippen LogP contribution in [0.4, 0.5) is 5.82 Å². The van der Waals surface area contributed by atoms with Gasteiger partial charge in [0.1, 0.15) is 0 Å². The molecule has 17 heavy (non-hydrogen) atoms. The number of anilines is 1. The average Bonchev–Trinajstić information content (AvgIpc) is 2.85. The lowest BCUT2D eigenvalue weighted by Gasteiger charge is -2.10. The Morgan fingerprint density at radius 3 is 3.12 bits per heavy atom. The Kier molecular flexibility index (Phi) is 4.38. The molecule has 2 aromatic rings. The van der Waals surface area contributed by atoms with Gasteiger partial charge in [0, 0.05) is 12.7 Å². The van der Waals surface area contributed by atoms with Crippen molar-refractivity contribution in [3.05, 3.63) is 40.7 Å².